The Morgan fingerprint density at radius 2 is 1.93 bits per heavy atom. The van der Waals surface area contributed by atoms with E-state index in [1.165, 1.54) is 28.2 Å². The number of aryl methyl sites for hydroxylation is 1. The van der Waals surface area contributed by atoms with Gasteiger partial charge in [-0.2, -0.15) is 5.10 Å². The molecule has 4 rings (SSSR count). The monoisotopic (exact) mass is 381 g/mol. The number of hydrogen-bond acceptors (Lipinski definition) is 4. The molecule has 7 heteroatoms. The van der Waals surface area contributed by atoms with E-state index in [9.17, 15) is 14.0 Å². The van der Waals surface area contributed by atoms with E-state index in [1.807, 2.05) is 31.2 Å². The molecule has 0 aliphatic heterocycles. The van der Waals surface area contributed by atoms with Gasteiger partial charge in [-0.3, -0.25) is 9.59 Å². The molecule has 27 heavy (non-hydrogen) atoms. The Morgan fingerprint density at radius 1 is 1.19 bits per heavy atom. The summed E-state index contributed by atoms with van der Waals surface area (Å²) < 4.78 is 16.0. The minimum Gasteiger partial charge on any atom is -0.350 e. The maximum Gasteiger partial charge on any atom is 0.276 e. The molecule has 2 aromatic carbocycles. The Morgan fingerprint density at radius 3 is 2.70 bits per heavy atom. The highest BCUT2D eigenvalue weighted by Crippen LogP contribution is 2.32. The van der Waals surface area contributed by atoms with E-state index in [-0.39, 0.29) is 30.4 Å². The highest BCUT2D eigenvalue weighted by atomic mass is 32.1. The first-order valence-corrected chi connectivity index (χ1v) is 9.24. The molecule has 0 spiro atoms. The van der Waals surface area contributed by atoms with Gasteiger partial charge in [0.25, 0.3) is 5.56 Å². The Bertz CT molecular complexity index is 1210. The number of hydrogen-bond donors (Lipinski definition) is 1. The third-order valence-electron chi connectivity index (χ3n) is 4.34. The Balaban J connectivity index is 1.61. The average molecular weight is 381 g/mol. The fraction of sp³-hybridized carbons (Fsp3) is 0.150. The Labute approximate surface area is 158 Å². The van der Waals surface area contributed by atoms with Crippen LogP contribution in [-0.4, -0.2) is 15.7 Å². The first-order valence-electron chi connectivity index (χ1n) is 8.43. The molecule has 0 atom stereocenters. The van der Waals surface area contributed by atoms with Crippen molar-refractivity contribution in [3.63, 3.8) is 0 Å². The van der Waals surface area contributed by atoms with E-state index < -0.39 is 0 Å². The third kappa shape index (κ3) is 3.33. The minimum absolute atomic E-state index is 0.166. The zero-order valence-corrected chi connectivity index (χ0v) is 15.3. The number of nitrogens with one attached hydrogen (secondary N) is 1. The molecule has 0 unspecified atom stereocenters. The van der Waals surface area contributed by atoms with Gasteiger partial charge in [0.1, 0.15) is 12.4 Å². The summed E-state index contributed by atoms with van der Waals surface area (Å²) in [6, 6.07) is 13.6. The quantitative estimate of drug-likeness (QED) is 0.589. The minimum atomic E-state index is -0.327. The summed E-state index contributed by atoms with van der Waals surface area (Å²) in [4.78, 5) is 25.2. The number of fused-ring (bicyclic) bond motifs is 3. The molecule has 0 radical (unpaired) electrons. The van der Waals surface area contributed by atoms with Crippen LogP contribution in [0.25, 0.3) is 20.2 Å². The van der Waals surface area contributed by atoms with Gasteiger partial charge in [-0.25, -0.2) is 9.07 Å². The lowest BCUT2D eigenvalue weighted by Crippen LogP contribution is -2.33. The van der Waals surface area contributed by atoms with Crippen LogP contribution < -0.4 is 10.9 Å². The molecule has 0 aliphatic rings. The molecule has 2 heterocycles. The van der Waals surface area contributed by atoms with E-state index in [0.717, 1.165) is 26.0 Å². The first-order chi connectivity index (χ1) is 13.0. The van der Waals surface area contributed by atoms with Gasteiger partial charge in [-0.1, -0.05) is 30.3 Å². The lowest BCUT2D eigenvalue weighted by atomic mass is 10.2. The number of carbonyl (C=O) groups is 1. The second kappa shape index (κ2) is 6.92. The summed E-state index contributed by atoms with van der Waals surface area (Å²) in [5.41, 5.74) is 1.22. The van der Waals surface area contributed by atoms with Crippen LogP contribution in [0.2, 0.25) is 0 Å². The second-order valence-corrected chi connectivity index (χ2v) is 7.31. The molecule has 136 valence electrons. The predicted molar refractivity (Wildman–Crippen MR) is 104 cm³/mol. The molecule has 0 saturated heterocycles. The number of amides is 1. The van der Waals surface area contributed by atoms with Crippen molar-refractivity contribution in [3.05, 3.63) is 76.0 Å². The summed E-state index contributed by atoms with van der Waals surface area (Å²) in [6.45, 7) is 1.93. The molecule has 0 fully saturated rings. The summed E-state index contributed by atoms with van der Waals surface area (Å²) in [5, 5.41) is 8.53. The smallest absolute Gasteiger partial charge is 0.276 e. The zero-order valence-electron chi connectivity index (χ0n) is 14.5. The highest BCUT2D eigenvalue weighted by Gasteiger charge is 2.15. The molecule has 0 bridgehead atoms. The van der Waals surface area contributed by atoms with Crippen molar-refractivity contribution >= 4 is 37.4 Å². The van der Waals surface area contributed by atoms with E-state index in [2.05, 4.69) is 10.4 Å². The average Bonchev–Trinajstić information content (AvgIpc) is 3.06. The second-order valence-electron chi connectivity index (χ2n) is 6.25. The number of aromatic nitrogens is 2. The van der Waals surface area contributed by atoms with Gasteiger partial charge in [0.2, 0.25) is 5.91 Å². The predicted octanol–water partition coefficient (Wildman–Crippen LogP) is 3.38. The lowest BCUT2D eigenvalue weighted by molar-refractivity contribution is -0.122. The molecule has 1 N–H and O–H groups in total. The van der Waals surface area contributed by atoms with Gasteiger partial charge in [-0.15, -0.1) is 11.3 Å². The van der Waals surface area contributed by atoms with Crippen molar-refractivity contribution in [3.8, 4) is 0 Å². The normalized spacial score (nSPS) is 11.2. The fourth-order valence-electron chi connectivity index (χ4n) is 3.02. The van der Waals surface area contributed by atoms with Crippen molar-refractivity contribution in [2.75, 3.05) is 0 Å². The number of rotatable bonds is 4. The maximum absolute atomic E-state index is 12.9. The highest BCUT2D eigenvalue weighted by molar-refractivity contribution is 7.26. The molecule has 0 saturated carbocycles. The number of carbonyl (C=O) groups excluding carboxylic acids is 1. The third-order valence-corrected chi connectivity index (χ3v) is 5.62. The molecular formula is C20H16FN3O2S. The van der Waals surface area contributed by atoms with Crippen LogP contribution in [0.1, 0.15) is 11.3 Å². The summed E-state index contributed by atoms with van der Waals surface area (Å²) in [5.74, 6) is -0.653. The van der Waals surface area contributed by atoms with Crippen molar-refractivity contribution in [2.24, 2.45) is 0 Å². The van der Waals surface area contributed by atoms with Gasteiger partial charge in [-0.05, 0) is 30.7 Å². The van der Waals surface area contributed by atoms with Crippen molar-refractivity contribution < 1.29 is 9.18 Å². The molecular weight excluding hydrogens is 365 g/mol. The van der Waals surface area contributed by atoms with Crippen molar-refractivity contribution in [1.29, 1.82) is 0 Å². The number of thiophene rings is 1. The van der Waals surface area contributed by atoms with Gasteiger partial charge in [0.15, 0.2) is 0 Å². The van der Waals surface area contributed by atoms with Crippen LogP contribution in [0.5, 0.6) is 0 Å². The Kier molecular flexibility index (Phi) is 4.45. The van der Waals surface area contributed by atoms with E-state index >= 15 is 0 Å². The molecule has 0 aliphatic carbocycles. The van der Waals surface area contributed by atoms with Crippen LogP contribution in [0.15, 0.2) is 53.3 Å². The topological polar surface area (TPSA) is 64.0 Å². The first kappa shape index (κ1) is 17.4. The van der Waals surface area contributed by atoms with E-state index in [0.29, 0.717) is 5.39 Å². The van der Waals surface area contributed by atoms with Gasteiger partial charge < -0.3 is 5.32 Å². The largest absolute Gasteiger partial charge is 0.350 e. The van der Waals surface area contributed by atoms with Crippen molar-refractivity contribution in [1.82, 2.24) is 15.1 Å². The SMILES string of the molecule is Cc1nn(CC(=O)NCc2ccc(F)cc2)c(=O)c2c1sc1ccccc12. The van der Waals surface area contributed by atoms with Gasteiger partial charge in [0.05, 0.1) is 15.8 Å². The molecule has 5 nitrogen and oxygen atoms in total. The van der Waals surface area contributed by atoms with E-state index in [1.54, 1.807) is 12.1 Å². The van der Waals surface area contributed by atoms with Crippen LogP contribution >= 0.6 is 11.3 Å². The number of halogens is 1. The van der Waals surface area contributed by atoms with E-state index in [4.69, 9.17) is 0 Å². The molecule has 1 amide bonds. The van der Waals surface area contributed by atoms with Crippen molar-refractivity contribution in [2.45, 2.75) is 20.0 Å². The van der Waals surface area contributed by atoms with Gasteiger partial charge in [0, 0.05) is 16.6 Å². The summed E-state index contributed by atoms with van der Waals surface area (Å²) in [6.07, 6.45) is 0. The number of benzene rings is 2. The summed E-state index contributed by atoms with van der Waals surface area (Å²) >= 11 is 1.53. The standard InChI is InChI=1S/C20H16FN3O2S/c1-12-19-18(15-4-2-3-5-16(15)27-19)20(26)24(23-12)11-17(25)22-10-13-6-8-14(21)9-7-13/h2-9H,10-11H2,1H3,(H,22,25). The molecule has 4 aromatic rings. The van der Waals surface area contributed by atoms with Crippen LogP contribution in [0, 0.1) is 12.7 Å². The number of nitrogens with zero attached hydrogens (tertiary/aromatic N) is 2. The zero-order chi connectivity index (χ0) is 19.0. The summed E-state index contributed by atoms with van der Waals surface area (Å²) in [7, 11) is 0. The van der Waals surface area contributed by atoms with Crippen LogP contribution in [0.3, 0.4) is 0 Å². The molecule has 2 aromatic heterocycles. The van der Waals surface area contributed by atoms with Gasteiger partial charge >= 0.3 is 0 Å². The van der Waals surface area contributed by atoms with Crippen LogP contribution in [-0.2, 0) is 17.9 Å². The maximum atomic E-state index is 12.9. The lowest BCUT2D eigenvalue weighted by Gasteiger charge is -2.08. The van der Waals surface area contributed by atoms with Crippen LogP contribution in [0.4, 0.5) is 4.39 Å². The fourth-order valence-corrected chi connectivity index (χ4v) is 4.15. The Hall–Kier alpha value is -3.06.